The Morgan fingerprint density at radius 1 is 1.39 bits per heavy atom. The predicted octanol–water partition coefficient (Wildman–Crippen LogP) is 2.71. The number of rotatable bonds is 4. The highest BCUT2D eigenvalue weighted by Crippen LogP contribution is 2.29. The number of benzene rings is 1. The molecule has 1 heterocycles. The van der Waals surface area contributed by atoms with Crippen LogP contribution in [0.25, 0.3) is 0 Å². The lowest BCUT2D eigenvalue weighted by molar-refractivity contribution is 0.0483. The molecule has 5 nitrogen and oxygen atoms in total. The van der Waals surface area contributed by atoms with Gasteiger partial charge in [0.25, 0.3) is 0 Å². The third-order valence-electron chi connectivity index (χ3n) is 4.26. The minimum Gasteiger partial charge on any atom is -0.444 e. The summed E-state index contributed by atoms with van der Waals surface area (Å²) in [6.45, 7) is 8.55. The Bertz CT molecular complexity index is 513. The molecule has 2 N–H and O–H groups in total. The molecule has 1 fully saturated rings. The average Bonchev–Trinajstić information content (AvgIpc) is 2.81. The Balaban J connectivity index is 2.00. The molecule has 1 aliphatic rings. The van der Waals surface area contributed by atoms with E-state index in [9.17, 15) is 9.90 Å². The minimum absolute atomic E-state index is 0.0302. The van der Waals surface area contributed by atoms with Crippen LogP contribution in [0.2, 0.25) is 0 Å². The molecule has 0 spiro atoms. The van der Waals surface area contributed by atoms with E-state index in [1.807, 2.05) is 51.1 Å². The first-order valence-electron chi connectivity index (χ1n) is 8.23. The van der Waals surface area contributed by atoms with Crippen molar-refractivity contribution in [2.45, 2.75) is 57.8 Å². The van der Waals surface area contributed by atoms with Crippen molar-refractivity contribution in [1.29, 1.82) is 0 Å². The lowest BCUT2D eigenvalue weighted by Gasteiger charge is -2.32. The molecule has 5 heteroatoms. The normalized spacial score (nSPS) is 23.5. The molecule has 0 bridgehead atoms. The fraction of sp³-hybridized carbons (Fsp3) is 0.611. The topological polar surface area (TPSA) is 61.8 Å². The van der Waals surface area contributed by atoms with Crippen LogP contribution in [-0.4, -0.2) is 46.9 Å². The van der Waals surface area contributed by atoms with Crippen LogP contribution >= 0.6 is 0 Å². The molecule has 1 saturated heterocycles. The van der Waals surface area contributed by atoms with Crippen molar-refractivity contribution < 1.29 is 14.6 Å². The van der Waals surface area contributed by atoms with Gasteiger partial charge in [-0.15, -0.1) is 0 Å². The molecule has 2 rings (SSSR count). The van der Waals surface area contributed by atoms with Crippen molar-refractivity contribution in [2.75, 3.05) is 13.2 Å². The van der Waals surface area contributed by atoms with Crippen LogP contribution in [-0.2, 0) is 4.74 Å². The number of aliphatic hydroxyl groups is 1. The van der Waals surface area contributed by atoms with Gasteiger partial charge in [-0.1, -0.05) is 30.3 Å². The molecule has 1 amide bonds. The van der Waals surface area contributed by atoms with Gasteiger partial charge >= 0.3 is 6.09 Å². The summed E-state index contributed by atoms with van der Waals surface area (Å²) in [6.07, 6.45) is 0.473. The third-order valence-corrected chi connectivity index (χ3v) is 4.26. The number of nitrogens with zero attached hydrogens (tertiary/aromatic N) is 1. The monoisotopic (exact) mass is 320 g/mol. The van der Waals surface area contributed by atoms with Crippen molar-refractivity contribution >= 4 is 6.09 Å². The molecule has 1 aliphatic heterocycles. The number of alkyl carbamates (subject to hydrolysis) is 1. The van der Waals surface area contributed by atoms with Crippen LogP contribution in [0.15, 0.2) is 30.3 Å². The summed E-state index contributed by atoms with van der Waals surface area (Å²) in [5, 5.41) is 12.8. The number of ether oxygens (including phenoxy) is 1. The van der Waals surface area contributed by atoms with Crippen LogP contribution in [0.4, 0.5) is 4.79 Å². The summed E-state index contributed by atoms with van der Waals surface area (Å²) in [5.41, 5.74) is 0.600. The van der Waals surface area contributed by atoms with Gasteiger partial charge in [-0.2, -0.15) is 0 Å². The smallest absolute Gasteiger partial charge is 0.407 e. The van der Waals surface area contributed by atoms with Crippen LogP contribution in [0, 0.1) is 0 Å². The van der Waals surface area contributed by atoms with Crippen molar-refractivity contribution in [2.24, 2.45) is 0 Å². The van der Waals surface area contributed by atoms with E-state index in [1.165, 1.54) is 0 Å². The van der Waals surface area contributed by atoms with Crippen LogP contribution in [0.5, 0.6) is 0 Å². The second-order valence-corrected chi connectivity index (χ2v) is 7.13. The Morgan fingerprint density at radius 2 is 2.04 bits per heavy atom. The maximum absolute atomic E-state index is 12.0. The second-order valence-electron chi connectivity index (χ2n) is 7.13. The second kappa shape index (κ2) is 7.32. The lowest BCUT2D eigenvalue weighted by Crippen LogP contribution is -2.46. The van der Waals surface area contributed by atoms with Crippen molar-refractivity contribution in [3.05, 3.63) is 35.9 Å². The van der Waals surface area contributed by atoms with Gasteiger partial charge in [0.05, 0.1) is 12.6 Å². The van der Waals surface area contributed by atoms with Crippen molar-refractivity contribution in [1.82, 2.24) is 10.2 Å². The van der Waals surface area contributed by atoms with Gasteiger partial charge in [0.1, 0.15) is 5.60 Å². The summed E-state index contributed by atoms with van der Waals surface area (Å²) in [7, 11) is 0. The summed E-state index contributed by atoms with van der Waals surface area (Å²) in [6, 6.07) is 10.1. The first-order valence-corrected chi connectivity index (χ1v) is 8.23. The van der Waals surface area contributed by atoms with Gasteiger partial charge in [-0.25, -0.2) is 4.79 Å². The standard InChI is InChI=1S/C18H28N2O3/c1-13-15(19-17(22)23-18(2,3)4)10-11-20(13)16(12-21)14-8-6-5-7-9-14/h5-9,13,15-16,21H,10-12H2,1-4H3,(H,19,22)/t13?,15-,16-/m1/s1. The summed E-state index contributed by atoms with van der Waals surface area (Å²) in [5.74, 6) is 0. The van der Waals surface area contributed by atoms with Crippen LogP contribution < -0.4 is 5.32 Å². The van der Waals surface area contributed by atoms with E-state index in [4.69, 9.17) is 4.74 Å². The number of carbonyl (C=O) groups is 1. The molecule has 0 saturated carbocycles. The van der Waals surface area contributed by atoms with Gasteiger partial charge in [0, 0.05) is 18.6 Å². The molecule has 1 unspecified atom stereocenters. The first kappa shape index (κ1) is 17.8. The van der Waals surface area contributed by atoms with Crippen molar-refractivity contribution in [3.8, 4) is 0 Å². The molecular formula is C18H28N2O3. The zero-order chi connectivity index (χ0) is 17.0. The van der Waals surface area contributed by atoms with E-state index in [0.717, 1.165) is 18.5 Å². The molecule has 23 heavy (non-hydrogen) atoms. The third kappa shape index (κ3) is 4.69. The average molecular weight is 320 g/mol. The van der Waals surface area contributed by atoms with E-state index in [0.29, 0.717) is 0 Å². The zero-order valence-corrected chi connectivity index (χ0v) is 14.5. The summed E-state index contributed by atoms with van der Waals surface area (Å²) >= 11 is 0. The largest absolute Gasteiger partial charge is 0.444 e. The summed E-state index contributed by atoms with van der Waals surface area (Å²) in [4.78, 5) is 14.2. The maximum atomic E-state index is 12.0. The Kier molecular flexibility index (Phi) is 5.65. The minimum atomic E-state index is -0.497. The molecule has 0 radical (unpaired) electrons. The molecule has 0 aromatic heterocycles. The Hall–Kier alpha value is -1.59. The fourth-order valence-corrected chi connectivity index (χ4v) is 3.13. The predicted molar refractivity (Wildman–Crippen MR) is 90.2 cm³/mol. The Labute approximate surface area is 138 Å². The molecule has 0 aliphatic carbocycles. The van der Waals surface area contributed by atoms with E-state index in [-0.39, 0.29) is 30.8 Å². The fourth-order valence-electron chi connectivity index (χ4n) is 3.13. The number of carbonyl (C=O) groups excluding carboxylic acids is 1. The number of hydrogen-bond donors (Lipinski definition) is 2. The Morgan fingerprint density at radius 3 is 2.61 bits per heavy atom. The van der Waals surface area contributed by atoms with Gasteiger partial charge < -0.3 is 15.2 Å². The quantitative estimate of drug-likeness (QED) is 0.895. The zero-order valence-electron chi connectivity index (χ0n) is 14.5. The number of amides is 1. The van der Waals surface area contributed by atoms with Crippen LogP contribution in [0.1, 0.15) is 45.7 Å². The SMILES string of the molecule is CC1[C@H](NC(=O)OC(C)(C)C)CCN1[C@H](CO)c1ccccc1. The van der Waals surface area contributed by atoms with Gasteiger partial charge in [-0.05, 0) is 39.7 Å². The highest BCUT2D eigenvalue weighted by atomic mass is 16.6. The highest BCUT2D eigenvalue weighted by Gasteiger charge is 2.36. The maximum Gasteiger partial charge on any atom is 0.407 e. The van der Waals surface area contributed by atoms with E-state index >= 15 is 0 Å². The molecule has 1 aromatic rings. The molecule has 1 aromatic carbocycles. The van der Waals surface area contributed by atoms with Crippen LogP contribution in [0.3, 0.4) is 0 Å². The van der Waals surface area contributed by atoms with E-state index in [2.05, 4.69) is 17.1 Å². The lowest BCUT2D eigenvalue weighted by atomic mass is 10.0. The number of hydrogen-bond acceptors (Lipinski definition) is 4. The number of aliphatic hydroxyl groups excluding tert-OH is 1. The molecule has 128 valence electrons. The number of likely N-dealkylation sites (tertiary alicyclic amines) is 1. The van der Waals surface area contributed by atoms with Gasteiger partial charge in [0.15, 0.2) is 0 Å². The highest BCUT2D eigenvalue weighted by molar-refractivity contribution is 5.68. The molecule has 3 atom stereocenters. The van der Waals surface area contributed by atoms with Gasteiger partial charge in [-0.3, -0.25) is 4.90 Å². The first-order chi connectivity index (χ1) is 10.8. The molecular weight excluding hydrogens is 292 g/mol. The number of nitrogens with one attached hydrogen (secondary N) is 1. The summed E-state index contributed by atoms with van der Waals surface area (Å²) < 4.78 is 5.34. The van der Waals surface area contributed by atoms with Gasteiger partial charge in [0.2, 0.25) is 0 Å². The van der Waals surface area contributed by atoms with E-state index in [1.54, 1.807) is 0 Å². The van der Waals surface area contributed by atoms with E-state index < -0.39 is 5.60 Å². The van der Waals surface area contributed by atoms with Crippen molar-refractivity contribution in [3.63, 3.8) is 0 Å².